The summed E-state index contributed by atoms with van der Waals surface area (Å²) in [6.07, 6.45) is -4.93. The number of nitrogens with zero attached hydrogens (tertiary/aromatic N) is 2. The Bertz CT molecular complexity index is 850. The van der Waals surface area contributed by atoms with Gasteiger partial charge in [0.1, 0.15) is 0 Å². The number of nitrogens with one attached hydrogen (secondary N) is 1. The maximum atomic E-state index is 13.0. The molecule has 0 fully saturated rings. The number of rotatable bonds is 4. The molecule has 0 saturated heterocycles. The van der Waals surface area contributed by atoms with Gasteiger partial charge in [0.25, 0.3) is 17.3 Å². The molecule has 0 spiro atoms. The fraction of sp³-hybridized carbons (Fsp3) is 0.0714. The minimum absolute atomic E-state index is 0.114. The SMILES string of the molecule is O=C(Nc1ccc([N+](=O)[O-])cc1C(F)(F)F)c1ccc([N+](=O)[O-])cc1. The van der Waals surface area contributed by atoms with Crippen LogP contribution in [0.15, 0.2) is 42.5 Å². The van der Waals surface area contributed by atoms with Gasteiger partial charge in [0.15, 0.2) is 0 Å². The molecule has 130 valence electrons. The molecular formula is C14H8F3N3O5. The van der Waals surface area contributed by atoms with E-state index < -0.39 is 38.9 Å². The third-order valence-corrected chi connectivity index (χ3v) is 3.11. The van der Waals surface area contributed by atoms with Gasteiger partial charge >= 0.3 is 6.18 Å². The largest absolute Gasteiger partial charge is 0.418 e. The summed E-state index contributed by atoms with van der Waals surface area (Å²) in [5, 5.41) is 23.2. The molecule has 0 aliphatic rings. The molecule has 8 nitrogen and oxygen atoms in total. The van der Waals surface area contributed by atoms with E-state index in [0.717, 1.165) is 36.4 Å². The van der Waals surface area contributed by atoms with Crippen LogP contribution in [-0.4, -0.2) is 15.8 Å². The summed E-state index contributed by atoms with van der Waals surface area (Å²) < 4.78 is 39.1. The Balaban J connectivity index is 2.34. The molecule has 0 unspecified atom stereocenters. The van der Waals surface area contributed by atoms with Crippen molar-refractivity contribution in [2.24, 2.45) is 0 Å². The average Bonchev–Trinajstić information content (AvgIpc) is 2.54. The molecule has 0 saturated carbocycles. The zero-order valence-corrected chi connectivity index (χ0v) is 12.1. The molecule has 0 aliphatic carbocycles. The molecule has 25 heavy (non-hydrogen) atoms. The number of amides is 1. The van der Waals surface area contributed by atoms with Crippen LogP contribution in [0.2, 0.25) is 0 Å². The summed E-state index contributed by atoms with van der Waals surface area (Å²) in [6, 6.07) is 6.10. The molecule has 0 aliphatic heterocycles. The summed E-state index contributed by atoms with van der Waals surface area (Å²) in [4.78, 5) is 31.5. The van der Waals surface area contributed by atoms with Crippen molar-refractivity contribution in [1.29, 1.82) is 0 Å². The number of halogens is 3. The predicted octanol–water partition coefficient (Wildman–Crippen LogP) is 3.77. The zero-order chi connectivity index (χ0) is 18.8. The molecule has 0 heterocycles. The van der Waals surface area contributed by atoms with Crippen LogP contribution in [0, 0.1) is 20.2 Å². The first-order chi connectivity index (χ1) is 11.6. The van der Waals surface area contributed by atoms with Crippen LogP contribution in [-0.2, 0) is 6.18 Å². The van der Waals surface area contributed by atoms with E-state index in [1.54, 1.807) is 0 Å². The van der Waals surface area contributed by atoms with Crippen molar-refractivity contribution < 1.29 is 27.8 Å². The van der Waals surface area contributed by atoms with Crippen molar-refractivity contribution >= 4 is 23.0 Å². The van der Waals surface area contributed by atoms with Crippen LogP contribution in [0.4, 0.5) is 30.2 Å². The number of hydrogen-bond acceptors (Lipinski definition) is 5. The van der Waals surface area contributed by atoms with E-state index in [0.29, 0.717) is 6.07 Å². The molecule has 0 atom stereocenters. The Morgan fingerprint density at radius 3 is 1.92 bits per heavy atom. The number of carbonyl (C=O) groups excluding carboxylic acids is 1. The van der Waals surface area contributed by atoms with E-state index >= 15 is 0 Å². The lowest BCUT2D eigenvalue weighted by Gasteiger charge is -2.13. The number of benzene rings is 2. The average molecular weight is 355 g/mol. The van der Waals surface area contributed by atoms with Crippen molar-refractivity contribution in [2.45, 2.75) is 6.18 Å². The first kappa shape index (κ1) is 17.8. The molecule has 2 aromatic rings. The molecule has 1 N–H and O–H groups in total. The van der Waals surface area contributed by atoms with E-state index in [9.17, 15) is 38.2 Å². The van der Waals surface area contributed by atoms with Gasteiger partial charge in [0.2, 0.25) is 0 Å². The highest BCUT2D eigenvalue weighted by atomic mass is 19.4. The number of non-ortho nitro benzene ring substituents is 2. The van der Waals surface area contributed by atoms with Crippen LogP contribution in [0.5, 0.6) is 0 Å². The summed E-state index contributed by atoms with van der Waals surface area (Å²) in [5.74, 6) is -0.950. The van der Waals surface area contributed by atoms with E-state index in [1.807, 2.05) is 5.32 Å². The third-order valence-electron chi connectivity index (χ3n) is 3.11. The maximum absolute atomic E-state index is 13.0. The van der Waals surface area contributed by atoms with Gasteiger partial charge in [0, 0.05) is 29.8 Å². The topological polar surface area (TPSA) is 115 Å². The molecule has 1 amide bonds. The van der Waals surface area contributed by atoms with Crippen molar-refractivity contribution in [2.75, 3.05) is 5.32 Å². The lowest BCUT2D eigenvalue weighted by Crippen LogP contribution is -2.17. The second-order valence-corrected chi connectivity index (χ2v) is 4.74. The number of alkyl halides is 3. The lowest BCUT2D eigenvalue weighted by atomic mass is 10.1. The first-order valence-corrected chi connectivity index (χ1v) is 6.51. The monoisotopic (exact) mass is 355 g/mol. The predicted molar refractivity (Wildman–Crippen MR) is 79.1 cm³/mol. The summed E-state index contributed by atoms with van der Waals surface area (Å²) >= 11 is 0. The Kier molecular flexibility index (Phi) is 4.68. The van der Waals surface area contributed by atoms with Gasteiger partial charge in [0.05, 0.1) is 21.1 Å². The van der Waals surface area contributed by atoms with E-state index in [2.05, 4.69) is 0 Å². The summed E-state index contributed by atoms with van der Waals surface area (Å²) in [5.41, 5.74) is -3.22. The second kappa shape index (κ2) is 6.55. The van der Waals surface area contributed by atoms with Crippen LogP contribution >= 0.6 is 0 Å². The first-order valence-electron chi connectivity index (χ1n) is 6.51. The van der Waals surface area contributed by atoms with Crippen molar-refractivity contribution in [3.63, 3.8) is 0 Å². The van der Waals surface area contributed by atoms with Crippen molar-refractivity contribution in [1.82, 2.24) is 0 Å². The van der Waals surface area contributed by atoms with Gasteiger partial charge in [-0.05, 0) is 18.2 Å². The fourth-order valence-corrected chi connectivity index (χ4v) is 1.92. The molecule has 2 aromatic carbocycles. The van der Waals surface area contributed by atoms with E-state index in [1.165, 1.54) is 0 Å². The van der Waals surface area contributed by atoms with Gasteiger partial charge in [-0.15, -0.1) is 0 Å². The minimum atomic E-state index is -4.93. The Morgan fingerprint density at radius 1 is 0.920 bits per heavy atom. The zero-order valence-electron chi connectivity index (χ0n) is 12.1. The number of nitro groups is 2. The Hall–Kier alpha value is -3.50. The van der Waals surface area contributed by atoms with Crippen LogP contribution in [0.1, 0.15) is 15.9 Å². The number of nitro benzene ring substituents is 2. The Morgan fingerprint density at radius 2 is 1.44 bits per heavy atom. The smallest absolute Gasteiger partial charge is 0.321 e. The molecule has 11 heteroatoms. The van der Waals surface area contributed by atoms with Crippen molar-refractivity contribution in [3.8, 4) is 0 Å². The van der Waals surface area contributed by atoms with Gasteiger partial charge < -0.3 is 5.32 Å². The molecule has 0 bridgehead atoms. The highest BCUT2D eigenvalue weighted by Gasteiger charge is 2.35. The summed E-state index contributed by atoms with van der Waals surface area (Å²) in [6.45, 7) is 0. The van der Waals surface area contributed by atoms with Crippen LogP contribution < -0.4 is 5.32 Å². The van der Waals surface area contributed by atoms with Crippen molar-refractivity contribution in [3.05, 3.63) is 73.8 Å². The Labute approximate surface area is 137 Å². The number of anilines is 1. The molecule has 0 aromatic heterocycles. The number of carbonyl (C=O) groups is 1. The molecule has 0 radical (unpaired) electrons. The normalized spacial score (nSPS) is 11.0. The minimum Gasteiger partial charge on any atom is -0.321 e. The van der Waals surface area contributed by atoms with E-state index in [-0.39, 0.29) is 11.3 Å². The number of hydrogen-bond donors (Lipinski definition) is 1. The lowest BCUT2D eigenvalue weighted by molar-refractivity contribution is -0.385. The van der Waals surface area contributed by atoms with Gasteiger partial charge in [-0.3, -0.25) is 25.0 Å². The second-order valence-electron chi connectivity index (χ2n) is 4.74. The highest BCUT2D eigenvalue weighted by molar-refractivity contribution is 6.04. The fourth-order valence-electron chi connectivity index (χ4n) is 1.92. The van der Waals surface area contributed by atoms with Gasteiger partial charge in [-0.2, -0.15) is 13.2 Å². The van der Waals surface area contributed by atoms with E-state index in [4.69, 9.17) is 0 Å². The third kappa shape index (κ3) is 4.07. The molecular weight excluding hydrogens is 347 g/mol. The molecule has 2 rings (SSSR count). The van der Waals surface area contributed by atoms with Gasteiger partial charge in [-0.25, -0.2) is 0 Å². The quantitative estimate of drug-likeness (QED) is 0.662. The van der Waals surface area contributed by atoms with Gasteiger partial charge in [-0.1, -0.05) is 0 Å². The van der Waals surface area contributed by atoms with Crippen LogP contribution in [0.25, 0.3) is 0 Å². The summed E-state index contributed by atoms with van der Waals surface area (Å²) in [7, 11) is 0. The standard InChI is InChI=1S/C14H8F3N3O5/c15-14(16,17)11-7-10(20(24)25)5-6-12(11)18-13(21)8-1-3-9(4-2-8)19(22)23/h1-7H,(H,18,21). The highest BCUT2D eigenvalue weighted by Crippen LogP contribution is 2.37. The van der Waals surface area contributed by atoms with Crippen LogP contribution in [0.3, 0.4) is 0 Å². The maximum Gasteiger partial charge on any atom is 0.418 e.